The monoisotopic (exact) mass is 292 g/mol. The van der Waals surface area contributed by atoms with Crippen LogP contribution in [0.25, 0.3) is 0 Å². The van der Waals surface area contributed by atoms with E-state index < -0.39 is 12.8 Å². The Hall–Kier alpha value is -1.27. The van der Waals surface area contributed by atoms with Gasteiger partial charge in [-0.2, -0.15) is 13.2 Å². The number of alkyl halides is 3. The lowest BCUT2D eigenvalue weighted by molar-refractivity contribution is -0.174. The molecule has 3 nitrogen and oxygen atoms in total. The van der Waals surface area contributed by atoms with Gasteiger partial charge in [-0.1, -0.05) is 12.1 Å². The normalized spacial score (nSPS) is 13.2. The lowest BCUT2D eigenvalue weighted by Gasteiger charge is -2.15. The van der Waals surface area contributed by atoms with E-state index in [0.717, 1.165) is 5.56 Å². The van der Waals surface area contributed by atoms with Crippen LogP contribution in [0.2, 0.25) is 0 Å². The van der Waals surface area contributed by atoms with Crippen LogP contribution in [0.1, 0.15) is 12.0 Å². The molecule has 6 heteroatoms. The second-order valence-corrected chi connectivity index (χ2v) is 4.56. The SMILES string of the molecule is COc1cccc(CC(CO)CCOCC(F)(F)F)c1. The van der Waals surface area contributed by atoms with Crippen molar-refractivity contribution in [3.63, 3.8) is 0 Å². The average molecular weight is 292 g/mol. The summed E-state index contributed by atoms with van der Waals surface area (Å²) in [6.07, 6.45) is -3.35. The van der Waals surface area contributed by atoms with Crippen molar-refractivity contribution >= 4 is 0 Å². The molecule has 0 bridgehead atoms. The predicted octanol–water partition coefficient (Wildman–Crippen LogP) is 2.82. The lowest BCUT2D eigenvalue weighted by Crippen LogP contribution is -2.19. The van der Waals surface area contributed by atoms with E-state index in [9.17, 15) is 18.3 Å². The minimum Gasteiger partial charge on any atom is -0.497 e. The molecule has 0 aliphatic carbocycles. The number of halogens is 3. The minimum absolute atomic E-state index is 0.0191. The van der Waals surface area contributed by atoms with Crippen LogP contribution in [0.4, 0.5) is 13.2 Å². The van der Waals surface area contributed by atoms with Crippen molar-refractivity contribution in [1.29, 1.82) is 0 Å². The molecular weight excluding hydrogens is 273 g/mol. The Morgan fingerprint density at radius 2 is 2.05 bits per heavy atom. The Bertz CT molecular complexity index is 393. The summed E-state index contributed by atoms with van der Waals surface area (Å²) in [6, 6.07) is 7.38. The standard InChI is InChI=1S/C14H19F3O3/c1-19-13-4-2-3-11(8-13)7-12(9-18)5-6-20-10-14(15,16)17/h2-4,8,12,18H,5-7,9-10H2,1H3. The highest BCUT2D eigenvalue weighted by atomic mass is 19.4. The van der Waals surface area contributed by atoms with Gasteiger partial charge >= 0.3 is 6.18 Å². The number of aliphatic hydroxyl groups excluding tert-OH is 1. The van der Waals surface area contributed by atoms with E-state index in [4.69, 9.17) is 4.74 Å². The van der Waals surface area contributed by atoms with Crippen LogP contribution >= 0.6 is 0 Å². The molecular formula is C14H19F3O3. The van der Waals surface area contributed by atoms with Crippen molar-refractivity contribution in [2.24, 2.45) is 5.92 Å². The summed E-state index contributed by atoms with van der Waals surface area (Å²) in [6.45, 7) is -1.36. The van der Waals surface area contributed by atoms with E-state index in [-0.39, 0.29) is 19.1 Å². The fourth-order valence-corrected chi connectivity index (χ4v) is 1.83. The van der Waals surface area contributed by atoms with E-state index >= 15 is 0 Å². The van der Waals surface area contributed by atoms with Crippen LogP contribution in [0.3, 0.4) is 0 Å². The fourth-order valence-electron chi connectivity index (χ4n) is 1.83. The topological polar surface area (TPSA) is 38.7 Å². The third kappa shape index (κ3) is 6.77. The van der Waals surface area contributed by atoms with Crippen LogP contribution in [0, 0.1) is 5.92 Å². The molecule has 0 aliphatic rings. The summed E-state index contributed by atoms with van der Waals surface area (Å²) in [5.41, 5.74) is 0.972. The molecule has 0 spiro atoms. The molecule has 0 radical (unpaired) electrons. The van der Waals surface area contributed by atoms with Gasteiger partial charge in [0.1, 0.15) is 12.4 Å². The van der Waals surface area contributed by atoms with Gasteiger partial charge in [-0.3, -0.25) is 0 Å². The molecule has 20 heavy (non-hydrogen) atoms. The third-order valence-electron chi connectivity index (χ3n) is 2.85. The van der Waals surface area contributed by atoms with Gasteiger partial charge in [-0.05, 0) is 36.5 Å². The van der Waals surface area contributed by atoms with Crippen molar-refractivity contribution in [2.45, 2.75) is 19.0 Å². The minimum atomic E-state index is -4.30. The zero-order chi connectivity index (χ0) is 15.0. The van der Waals surface area contributed by atoms with Gasteiger partial charge in [0.05, 0.1) is 7.11 Å². The second-order valence-electron chi connectivity index (χ2n) is 4.56. The number of methoxy groups -OCH3 is 1. The lowest BCUT2D eigenvalue weighted by atomic mass is 9.97. The molecule has 1 unspecified atom stereocenters. The Morgan fingerprint density at radius 3 is 2.65 bits per heavy atom. The molecule has 0 amide bonds. The van der Waals surface area contributed by atoms with E-state index in [1.54, 1.807) is 7.11 Å². The maximum atomic E-state index is 11.9. The van der Waals surface area contributed by atoms with Gasteiger partial charge in [0, 0.05) is 13.2 Å². The number of hydrogen-bond donors (Lipinski definition) is 1. The molecule has 0 fully saturated rings. The van der Waals surface area contributed by atoms with Gasteiger partial charge in [0.2, 0.25) is 0 Å². The molecule has 0 heterocycles. The average Bonchev–Trinajstić information content (AvgIpc) is 2.41. The highest BCUT2D eigenvalue weighted by molar-refractivity contribution is 5.28. The van der Waals surface area contributed by atoms with Crippen LogP contribution in [0.5, 0.6) is 5.75 Å². The molecule has 0 saturated carbocycles. The first-order valence-corrected chi connectivity index (χ1v) is 6.33. The van der Waals surface area contributed by atoms with Crippen LogP contribution in [-0.2, 0) is 11.2 Å². The van der Waals surface area contributed by atoms with Crippen molar-refractivity contribution < 1.29 is 27.8 Å². The zero-order valence-electron chi connectivity index (χ0n) is 11.3. The summed E-state index contributed by atoms with van der Waals surface area (Å²) in [4.78, 5) is 0. The molecule has 1 aromatic rings. The predicted molar refractivity (Wildman–Crippen MR) is 68.8 cm³/mol. The Morgan fingerprint density at radius 1 is 1.30 bits per heavy atom. The van der Waals surface area contributed by atoms with Gasteiger partial charge in [0.15, 0.2) is 0 Å². The first-order valence-electron chi connectivity index (χ1n) is 6.33. The summed E-state index contributed by atoms with van der Waals surface area (Å²) >= 11 is 0. The fraction of sp³-hybridized carbons (Fsp3) is 0.571. The van der Waals surface area contributed by atoms with Crippen molar-refractivity contribution in [1.82, 2.24) is 0 Å². The molecule has 1 N–H and O–H groups in total. The maximum Gasteiger partial charge on any atom is 0.411 e. The van der Waals surface area contributed by atoms with E-state index in [2.05, 4.69) is 4.74 Å². The quantitative estimate of drug-likeness (QED) is 0.749. The third-order valence-corrected chi connectivity index (χ3v) is 2.85. The summed E-state index contributed by atoms with van der Waals surface area (Å²) in [5, 5.41) is 9.26. The molecule has 1 aromatic carbocycles. The van der Waals surface area contributed by atoms with Crippen molar-refractivity contribution in [3.05, 3.63) is 29.8 Å². The highest BCUT2D eigenvalue weighted by Crippen LogP contribution is 2.18. The van der Waals surface area contributed by atoms with Gasteiger partial charge in [-0.25, -0.2) is 0 Å². The number of ether oxygens (including phenoxy) is 2. The largest absolute Gasteiger partial charge is 0.497 e. The molecule has 1 rings (SSSR count). The summed E-state index contributed by atoms with van der Waals surface area (Å²) in [5.74, 6) is 0.586. The molecule has 0 saturated heterocycles. The Kier molecular flexibility index (Phi) is 6.81. The first-order chi connectivity index (χ1) is 9.44. The van der Waals surface area contributed by atoms with E-state index in [0.29, 0.717) is 18.6 Å². The molecule has 0 aliphatic heterocycles. The van der Waals surface area contributed by atoms with Gasteiger partial charge in [-0.15, -0.1) is 0 Å². The summed E-state index contributed by atoms with van der Waals surface area (Å²) < 4.78 is 45.4. The highest BCUT2D eigenvalue weighted by Gasteiger charge is 2.27. The van der Waals surface area contributed by atoms with Crippen molar-refractivity contribution in [3.8, 4) is 5.75 Å². The zero-order valence-corrected chi connectivity index (χ0v) is 11.3. The summed E-state index contributed by atoms with van der Waals surface area (Å²) in [7, 11) is 1.56. The molecule has 0 aromatic heterocycles. The molecule has 1 atom stereocenters. The molecule has 114 valence electrons. The Balaban J connectivity index is 2.38. The van der Waals surface area contributed by atoms with Crippen LogP contribution in [-0.4, -0.2) is 38.2 Å². The Labute approximate surface area is 116 Å². The van der Waals surface area contributed by atoms with Crippen molar-refractivity contribution in [2.75, 3.05) is 26.9 Å². The first kappa shape index (κ1) is 16.8. The van der Waals surface area contributed by atoms with E-state index in [1.165, 1.54) is 0 Å². The number of aliphatic hydroxyl groups is 1. The number of hydrogen-bond acceptors (Lipinski definition) is 3. The van der Waals surface area contributed by atoms with Crippen LogP contribution in [0.15, 0.2) is 24.3 Å². The number of benzene rings is 1. The van der Waals surface area contributed by atoms with Gasteiger partial charge < -0.3 is 14.6 Å². The number of rotatable bonds is 8. The second kappa shape index (κ2) is 8.11. The van der Waals surface area contributed by atoms with E-state index in [1.807, 2.05) is 24.3 Å². The van der Waals surface area contributed by atoms with Gasteiger partial charge in [0.25, 0.3) is 0 Å². The smallest absolute Gasteiger partial charge is 0.411 e. The van der Waals surface area contributed by atoms with Crippen LogP contribution < -0.4 is 4.74 Å². The maximum absolute atomic E-state index is 11.9.